The highest BCUT2D eigenvalue weighted by atomic mass is 16.5. The number of methoxy groups -OCH3 is 1. The second-order valence-corrected chi connectivity index (χ2v) is 5.98. The molecule has 1 aromatic rings. The summed E-state index contributed by atoms with van der Waals surface area (Å²) < 4.78 is 11.5. The number of aryl methyl sites for hydroxylation is 1. The summed E-state index contributed by atoms with van der Waals surface area (Å²) in [4.78, 5) is 0. The minimum Gasteiger partial charge on any atom is -0.497 e. The van der Waals surface area contributed by atoms with Gasteiger partial charge in [0.15, 0.2) is 0 Å². The van der Waals surface area contributed by atoms with Gasteiger partial charge >= 0.3 is 0 Å². The van der Waals surface area contributed by atoms with Gasteiger partial charge in [-0.15, -0.1) is 0 Å². The van der Waals surface area contributed by atoms with Crippen LogP contribution in [0.25, 0.3) is 0 Å². The van der Waals surface area contributed by atoms with Crippen LogP contribution in [0.5, 0.6) is 5.75 Å². The predicted octanol–water partition coefficient (Wildman–Crippen LogP) is 2.70. The van der Waals surface area contributed by atoms with Crippen LogP contribution in [-0.4, -0.2) is 25.8 Å². The summed E-state index contributed by atoms with van der Waals surface area (Å²) in [5, 5.41) is 3.77. The van der Waals surface area contributed by atoms with Gasteiger partial charge in [-0.2, -0.15) is 0 Å². The third kappa shape index (κ3) is 2.37. The number of morpholine rings is 1. The van der Waals surface area contributed by atoms with Gasteiger partial charge in [0.2, 0.25) is 0 Å². The van der Waals surface area contributed by atoms with Crippen molar-refractivity contribution in [1.82, 2.24) is 5.32 Å². The van der Waals surface area contributed by atoms with Crippen molar-refractivity contribution in [2.24, 2.45) is 5.92 Å². The molecule has 1 aliphatic carbocycles. The molecule has 3 atom stereocenters. The maximum absolute atomic E-state index is 6.15. The summed E-state index contributed by atoms with van der Waals surface area (Å²) in [6, 6.07) is 7.31. The van der Waals surface area contributed by atoms with E-state index in [4.69, 9.17) is 9.47 Å². The van der Waals surface area contributed by atoms with Gasteiger partial charge in [-0.3, -0.25) is 0 Å². The Labute approximate surface area is 115 Å². The van der Waals surface area contributed by atoms with Crippen LogP contribution in [-0.2, 0) is 11.2 Å². The smallest absolute Gasteiger partial charge is 0.119 e. The van der Waals surface area contributed by atoms with E-state index < -0.39 is 0 Å². The van der Waals surface area contributed by atoms with E-state index in [9.17, 15) is 0 Å². The van der Waals surface area contributed by atoms with E-state index in [-0.39, 0.29) is 6.10 Å². The zero-order chi connectivity index (χ0) is 13.4. The highest BCUT2D eigenvalue weighted by molar-refractivity contribution is 5.39. The van der Waals surface area contributed by atoms with Crippen molar-refractivity contribution >= 4 is 0 Å². The molecule has 104 valence electrons. The van der Waals surface area contributed by atoms with Crippen molar-refractivity contribution in [3.8, 4) is 5.75 Å². The van der Waals surface area contributed by atoms with Gasteiger partial charge in [0.05, 0.1) is 19.8 Å². The molecular formula is C16H23NO2. The van der Waals surface area contributed by atoms with E-state index in [1.165, 1.54) is 11.1 Å². The molecule has 1 fully saturated rings. The SMILES string of the molecule is COc1ccc2c(c1)CCC1NC(C(C)C)COC21. The van der Waals surface area contributed by atoms with Crippen LogP contribution in [0.1, 0.15) is 37.5 Å². The maximum atomic E-state index is 6.15. The quantitative estimate of drug-likeness (QED) is 0.888. The summed E-state index contributed by atoms with van der Waals surface area (Å²) in [5.41, 5.74) is 2.72. The van der Waals surface area contributed by atoms with E-state index in [0.717, 1.165) is 25.2 Å². The van der Waals surface area contributed by atoms with Crippen LogP contribution in [0.2, 0.25) is 0 Å². The molecular weight excluding hydrogens is 238 g/mol. The summed E-state index contributed by atoms with van der Waals surface area (Å²) in [6.07, 6.45) is 2.47. The Morgan fingerprint density at radius 2 is 2.21 bits per heavy atom. The molecule has 1 aliphatic heterocycles. The molecule has 3 nitrogen and oxygen atoms in total. The molecule has 0 saturated carbocycles. The van der Waals surface area contributed by atoms with Gasteiger partial charge in [-0.1, -0.05) is 19.9 Å². The van der Waals surface area contributed by atoms with Crippen molar-refractivity contribution < 1.29 is 9.47 Å². The lowest BCUT2D eigenvalue weighted by Gasteiger charge is -2.42. The van der Waals surface area contributed by atoms with Gasteiger partial charge < -0.3 is 14.8 Å². The standard InChI is InChI=1S/C16H23NO2/c1-10(2)15-9-19-16-13-6-5-12(18-3)8-11(13)4-7-14(16)17-15/h5-6,8,10,14-17H,4,7,9H2,1-3H3. The molecule has 1 aromatic carbocycles. The third-order valence-corrected chi connectivity index (χ3v) is 4.44. The first kappa shape index (κ1) is 12.9. The molecule has 0 bridgehead atoms. The van der Waals surface area contributed by atoms with Gasteiger partial charge in [0.1, 0.15) is 5.75 Å². The summed E-state index contributed by atoms with van der Waals surface area (Å²) >= 11 is 0. The zero-order valence-corrected chi connectivity index (χ0v) is 12.0. The summed E-state index contributed by atoms with van der Waals surface area (Å²) in [6.45, 7) is 5.32. The van der Waals surface area contributed by atoms with Gasteiger partial charge in [-0.25, -0.2) is 0 Å². The third-order valence-electron chi connectivity index (χ3n) is 4.44. The summed E-state index contributed by atoms with van der Waals surface area (Å²) in [5.74, 6) is 1.57. The first-order valence-electron chi connectivity index (χ1n) is 7.23. The zero-order valence-electron chi connectivity index (χ0n) is 12.0. The molecule has 3 unspecified atom stereocenters. The van der Waals surface area contributed by atoms with Crippen molar-refractivity contribution in [2.75, 3.05) is 13.7 Å². The molecule has 1 heterocycles. The van der Waals surface area contributed by atoms with Gasteiger partial charge in [0, 0.05) is 12.1 Å². The Bertz CT molecular complexity index is 458. The second-order valence-electron chi connectivity index (χ2n) is 5.98. The number of nitrogens with one attached hydrogen (secondary N) is 1. The lowest BCUT2D eigenvalue weighted by atomic mass is 9.83. The minimum atomic E-state index is 0.213. The fourth-order valence-electron chi connectivity index (χ4n) is 3.17. The van der Waals surface area contributed by atoms with E-state index >= 15 is 0 Å². The van der Waals surface area contributed by atoms with Crippen LogP contribution < -0.4 is 10.1 Å². The monoisotopic (exact) mass is 261 g/mol. The maximum Gasteiger partial charge on any atom is 0.119 e. The molecule has 2 aliphatic rings. The molecule has 0 aromatic heterocycles. The average molecular weight is 261 g/mol. The largest absolute Gasteiger partial charge is 0.497 e. The van der Waals surface area contributed by atoms with Gasteiger partial charge in [-0.05, 0) is 42.0 Å². The first-order chi connectivity index (χ1) is 9.19. The van der Waals surface area contributed by atoms with E-state index in [1.54, 1.807) is 7.11 Å². The predicted molar refractivity (Wildman–Crippen MR) is 75.6 cm³/mol. The highest BCUT2D eigenvalue weighted by Gasteiger charge is 2.36. The Balaban J connectivity index is 1.83. The Morgan fingerprint density at radius 3 is 2.95 bits per heavy atom. The topological polar surface area (TPSA) is 30.5 Å². The molecule has 0 amide bonds. The average Bonchev–Trinajstić information content (AvgIpc) is 2.45. The van der Waals surface area contributed by atoms with Crippen molar-refractivity contribution in [1.29, 1.82) is 0 Å². The number of hydrogen-bond acceptors (Lipinski definition) is 3. The Kier molecular flexibility index (Phi) is 3.50. The normalized spacial score (nSPS) is 29.8. The molecule has 0 radical (unpaired) electrons. The molecule has 19 heavy (non-hydrogen) atoms. The van der Waals surface area contributed by atoms with E-state index in [2.05, 4.69) is 31.3 Å². The van der Waals surface area contributed by atoms with E-state index in [0.29, 0.717) is 18.0 Å². The first-order valence-corrected chi connectivity index (χ1v) is 7.23. The van der Waals surface area contributed by atoms with Crippen LogP contribution >= 0.6 is 0 Å². The Hall–Kier alpha value is -1.06. The number of hydrogen-bond donors (Lipinski definition) is 1. The lowest BCUT2D eigenvalue weighted by molar-refractivity contribution is -0.0451. The molecule has 3 rings (SSSR count). The number of ether oxygens (including phenoxy) is 2. The van der Waals surface area contributed by atoms with Crippen LogP contribution in [0, 0.1) is 5.92 Å². The van der Waals surface area contributed by atoms with Crippen LogP contribution in [0.3, 0.4) is 0 Å². The van der Waals surface area contributed by atoms with Gasteiger partial charge in [0.25, 0.3) is 0 Å². The fourth-order valence-corrected chi connectivity index (χ4v) is 3.17. The summed E-state index contributed by atoms with van der Waals surface area (Å²) in [7, 11) is 1.72. The molecule has 3 heteroatoms. The fraction of sp³-hybridized carbons (Fsp3) is 0.625. The number of fused-ring (bicyclic) bond motifs is 3. The molecule has 1 saturated heterocycles. The van der Waals surface area contributed by atoms with Crippen LogP contribution in [0.4, 0.5) is 0 Å². The Morgan fingerprint density at radius 1 is 1.37 bits per heavy atom. The number of rotatable bonds is 2. The van der Waals surface area contributed by atoms with Crippen LogP contribution in [0.15, 0.2) is 18.2 Å². The minimum absolute atomic E-state index is 0.213. The molecule has 1 N–H and O–H groups in total. The van der Waals surface area contributed by atoms with Crippen molar-refractivity contribution in [2.45, 2.75) is 44.9 Å². The van der Waals surface area contributed by atoms with E-state index in [1.807, 2.05) is 6.07 Å². The molecule has 0 spiro atoms. The number of benzene rings is 1. The van der Waals surface area contributed by atoms with Crippen molar-refractivity contribution in [3.63, 3.8) is 0 Å². The highest BCUT2D eigenvalue weighted by Crippen LogP contribution is 2.37. The second kappa shape index (κ2) is 5.14. The lowest BCUT2D eigenvalue weighted by Crippen LogP contribution is -2.53. The van der Waals surface area contributed by atoms with Crippen molar-refractivity contribution in [3.05, 3.63) is 29.3 Å².